The highest BCUT2D eigenvalue weighted by molar-refractivity contribution is 7.89. The minimum atomic E-state index is -3.48. The quantitative estimate of drug-likeness (QED) is 0.734. The van der Waals surface area contributed by atoms with Crippen LogP contribution in [0.4, 0.5) is 0 Å². The van der Waals surface area contributed by atoms with Crippen molar-refractivity contribution in [1.82, 2.24) is 9.62 Å². The Balaban J connectivity index is 1.83. The van der Waals surface area contributed by atoms with Crippen molar-refractivity contribution in [2.24, 2.45) is 0 Å². The van der Waals surface area contributed by atoms with Gasteiger partial charge < -0.3 is 14.8 Å². The molecule has 0 saturated carbocycles. The maximum Gasteiger partial charge on any atom is 0.260 e. The maximum atomic E-state index is 12.4. The first-order chi connectivity index (χ1) is 12.7. The van der Waals surface area contributed by atoms with Crippen LogP contribution < -0.4 is 10.1 Å². The van der Waals surface area contributed by atoms with Crippen LogP contribution in [0.3, 0.4) is 0 Å². The first-order valence-electron chi connectivity index (χ1n) is 8.79. The van der Waals surface area contributed by atoms with Gasteiger partial charge in [0.05, 0.1) is 29.6 Å². The van der Waals surface area contributed by atoms with Gasteiger partial charge in [-0.3, -0.25) is 4.79 Å². The number of carbonyl (C=O) groups is 1. The number of nitrogens with one attached hydrogen (secondary N) is 1. The van der Waals surface area contributed by atoms with E-state index in [1.807, 2.05) is 19.9 Å². The number of sulfonamides is 1. The summed E-state index contributed by atoms with van der Waals surface area (Å²) in [6.45, 7) is 5.85. The molecule has 0 aliphatic carbocycles. The van der Waals surface area contributed by atoms with Crippen LogP contribution in [0.25, 0.3) is 0 Å². The molecule has 1 aromatic carbocycles. The molecule has 3 atom stereocenters. The number of benzene rings is 1. The average Bonchev–Trinajstić information content (AvgIpc) is 2.60. The summed E-state index contributed by atoms with van der Waals surface area (Å²) in [6, 6.07) is 8.48. The number of ether oxygens (including phenoxy) is 2. The number of carbonyl (C=O) groups excluding carboxylic acids is 1. The van der Waals surface area contributed by atoms with E-state index in [1.54, 1.807) is 25.1 Å². The molecule has 1 N–H and O–H groups in total. The van der Waals surface area contributed by atoms with Gasteiger partial charge in [0.1, 0.15) is 5.75 Å². The van der Waals surface area contributed by atoms with Crippen LogP contribution >= 0.6 is 0 Å². The zero-order chi connectivity index (χ0) is 20.0. The predicted octanol–water partition coefficient (Wildman–Crippen LogP) is 0.881. The van der Waals surface area contributed by atoms with Crippen molar-refractivity contribution in [2.45, 2.75) is 39.1 Å². The number of nitrogens with zero attached hydrogens (tertiary/aromatic N) is 2. The van der Waals surface area contributed by atoms with Crippen LogP contribution in [0.1, 0.15) is 26.3 Å². The lowest BCUT2D eigenvalue weighted by atomic mass is 10.2. The third kappa shape index (κ3) is 6.20. The number of nitriles is 1. The molecule has 27 heavy (non-hydrogen) atoms. The molecular weight excluding hydrogens is 370 g/mol. The van der Waals surface area contributed by atoms with E-state index >= 15 is 0 Å². The largest absolute Gasteiger partial charge is 0.481 e. The van der Waals surface area contributed by atoms with Gasteiger partial charge in [-0.15, -0.1) is 0 Å². The number of hydrogen-bond donors (Lipinski definition) is 1. The summed E-state index contributed by atoms with van der Waals surface area (Å²) in [5.41, 5.74) is 0.431. The van der Waals surface area contributed by atoms with Crippen molar-refractivity contribution in [1.29, 1.82) is 5.26 Å². The van der Waals surface area contributed by atoms with E-state index < -0.39 is 22.0 Å². The first-order valence-corrected chi connectivity index (χ1v) is 10.4. The number of amides is 1. The van der Waals surface area contributed by atoms with E-state index in [1.165, 1.54) is 10.4 Å². The Morgan fingerprint density at radius 2 is 2.07 bits per heavy atom. The SMILES string of the molecule is CC1CN(S(=O)(=O)CCNC(=O)C(C)Oc2cccc(C#N)c2)CC(C)O1. The molecule has 1 saturated heterocycles. The Morgan fingerprint density at radius 1 is 1.41 bits per heavy atom. The fourth-order valence-electron chi connectivity index (χ4n) is 2.83. The Kier molecular flexibility index (Phi) is 7.18. The maximum absolute atomic E-state index is 12.4. The van der Waals surface area contributed by atoms with E-state index in [0.717, 1.165) is 0 Å². The monoisotopic (exact) mass is 395 g/mol. The molecule has 8 nitrogen and oxygen atoms in total. The molecule has 1 amide bonds. The van der Waals surface area contributed by atoms with Gasteiger partial charge >= 0.3 is 0 Å². The second kappa shape index (κ2) is 9.17. The molecule has 1 aliphatic rings. The molecule has 1 aliphatic heterocycles. The predicted molar refractivity (Wildman–Crippen MR) is 99.6 cm³/mol. The summed E-state index contributed by atoms with van der Waals surface area (Å²) in [4.78, 5) is 12.1. The van der Waals surface area contributed by atoms with Crippen LogP contribution in [0.5, 0.6) is 5.75 Å². The lowest BCUT2D eigenvalue weighted by molar-refractivity contribution is -0.127. The highest BCUT2D eigenvalue weighted by Gasteiger charge is 2.30. The van der Waals surface area contributed by atoms with Gasteiger partial charge in [0.25, 0.3) is 5.91 Å². The van der Waals surface area contributed by atoms with Crippen molar-refractivity contribution < 1.29 is 22.7 Å². The van der Waals surface area contributed by atoms with E-state index in [9.17, 15) is 13.2 Å². The van der Waals surface area contributed by atoms with E-state index in [4.69, 9.17) is 14.7 Å². The standard InChI is InChI=1S/C18H25N3O5S/c1-13-11-21(12-14(2)25-13)27(23,24)8-7-20-18(22)15(3)26-17-6-4-5-16(9-17)10-19/h4-6,9,13-15H,7-8,11-12H2,1-3H3,(H,20,22). The number of hydrogen-bond acceptors (Lipinski definition) is 6. The van der Waals surface area contributed by atoms with Crippen molar-refractivity contribution in [3.8, 4) is 11.8 Å². The zero-order valence-electron chi connectivity index (χ0n) is 15.7. The summed E-state index contributed by atoms with van der Waals surface area (Å²) in [5.74, 6) is -0.202. The second-order valence-corrected chi connectivity index (χ2v) is 8.67. The van der Waals surface area contributed by atoms with Crippen LogP contribution in [0, 0.1) is 11.3 Å². The van der Waals surface area contributed by atoms with Crippen LogP contribution in [-0.2, 0) is 19.6 Å². The fraction of sp³-hybridized carbons (Fsp3) is 0.556. The normalized spacial score (nSPS) is 21.9. The first kappa shape index (κ1) is 21.2. The number of rotatable bonds is 7. The summed E-state index contributed by atoms with van der Waals surface area (Å²) in [6.07, 6.45) is -1.13. The molecular formula is C18H25N3O5S. The van der Waals surface area contributed by atoms with E-state index in [-0.39, 0.29) is 24.5 Å². The molecule has 0 spiro atoms. The van der Waals surface area contributed by atoms with Crippen LogP contribution in [0.15, 0.2) is 24.3 Å². The smallest absolute Gasteiger partial charge is 0.260 e. The van der Waals surface area contributed by atoms with Gasteiger partial charge in [-0.1, -0.05) is 6.07 Å². The summed E-state index contributed by atoms with van der Waals surface area (Å²) < 4.78 is 37.4. The minimum Gasteiger partial charge on any atom is -0.481 e. The van der Waals surface area contributed by atoms with Crippen LogP contribution in [0.2, 0.25) is 0 Å². The average molecular weight is 395 g/mol. The Bertz CT molecular complexity index is 795. The molecule has 1 aromatic rings. The minimum absolute atomic E-state index is 0.00673. The van der Waals surface area contributed by atoms with Gasteiger partial charge in [-0.2, -0.15) is 9.57 Å². The molecule has 1 fully saturated rings. The van der Waals surface area contributed by atoms with Crippen LogP contribution in [-0.4, -0.2) is 62.3 Å². The summed E-state index contributed by atoms with van der Waals surface area (Å²) in [5, 5.41) is 11.5. The van der Waals surface area contributed by atoms with E-state index in [0.29, 0.717) is 24.4 Å². The fourth-order valence-corrected chi connectivity index (χ4v) is 4.32. The van der Waals surface area contributed by atoms with Crippen molar-refractivity contribution in [2.75, 3.05) is 25.4 Å². The Labute approximate surface area is 160 Å². The Hall–Kier alpha value is -2.15. The van der Waals surface area contributed by atoms with Crippen molar-refractivity contribution >= 4 is 15.9 Å². The summed E-state index contributed by atoms with van der Waals surface area (Å²) >= 11 is 0. The summed E-state index contributed by atoms with van der Waals surface area (Å²) in [7, 11) is -3.48. The highest BCUT2D eigenvalue weighted by atomic mass is 32.2. The lowest BCUT2D eigenvalue weighted by Crippen LogP contribution is -2.50. The van der Waals surface area contributed by atoms with Gasteiger partial charge in [0, 0.05) is 19.6 Å². The van der Waals surface area contributed by atoms with Gasteiger partial charge in [-0.05, 0) is 39.0 Å². The van der Waals surface area contributed by atoms with E-state index in [2.05, 4.69) is 5.32 Å². The van der Waals surface area contributed by atoms with Gasteiger partial charge in [0.2, 0.25) is 10.0 Å². The Morgan fingerprint density at radius 3 is 2.70 bits per heavy atom. The topological polar surface area (TPSA) is 109 Å². The third-order valence-corrected chi connectivity index (χ3v) is 5.89. The third-order valence-electron chi connectivity index (χ3n) is 4.08. The molecule has 9 heteroatoms. The molecule has 0 bridgehead atoms. The van der Waals surface area contributed by atoms with Gasteiger partial charge in [-0.25, -0.2) is 8.42 Å². The highest BCUT2D eigenvalue weighted by Crippen LogP contribution is 2.15. The molecule has 0 aromatic heterocycles. The molecule has 2 rings (SSSR count). The molecule has 0 radical (unpaired) electrons. The van der Waals surface area contributed by atoms with Crippen molar-refractivity contribution in [3.63, 3.8) is 0 Å². The second-order valence-electron chi connectivity index (χ2n) is 6.58. The molecule has 3 unspecified atom stereocenters. The zero-order valence-corrected chi connectivity index (χ0v) is 16.5. The molecule has 1 heterocycles. The number of morpholine rings is 1. The molecule has 148 valence electrons. The van der Waals surface area contributed by atoms with Gasteiger partial charge in [0.15, 0.2) is 6.10 Å². The van der Waals surface area contributed by atoms with Crippen molar-refractivity contribution in [3.05, 3.63) is 29.8 Å². The lowest BCUT2D eigenvalue weighted by Gasteiger charge is -2.34.